The molecule has 0 atom stereocenters. The van der Waals surface area contributed by atoms with Crippen LogP contribution in [0.1, 0.15) is 58.3 Å². The summed E-state index contributed by atoms with van der Waals surface area (Å²) < 4.78 is 52.2. The second kappa shape index (κ2) is 12.5. The largest absolute Gasteiger partial charge is 0.493 e. The van der Waals surface area contributed by atoms with E-state index in [1.54, 1.807) is 31.2 Å². The molecular formula is C30H37F3O2. The van der Waals surface area contributed by atoms with Crippen molar-refractivity contribution in [3.8, 4) is 22.6 Å². The molecule has 2 aromatic rings. The molecule has 0 spiro atoms. The zero-order valence-corrected chi connectivity index (χ0v) is 20.7. The molecule has 0 N–H and O–H groups in total. The molecule has 2 saturated carbocycles. The van der Waals surface area contributed by atoms with Crippen molar-refractivity contribution in [2.24, 2.45) is 23.7 Å². The lowest BCUT2D eigenvalue weighted by atomic mass is 9.69. The zero-order chi connectivity index (χ0) is 24.6. The van der Waals surface area contributed by atoms with Crippen LogP contribution in [0.15, 0.2) is 48.6 Å². The highest BCUT2D eigenvalue weighted by molar-refractivity contribution is 5.66. The summed E-state index contributed by atoms with van der Waals surface area (Å²) in [6.07, 6.45) is 13.6. The van der Waals surface area contributed by atoms with Gasteiger partial charge in [-0.15, -0.1) is 0 Å². The molecule has 0 saturated heterocycles. The van der Waals surface area contributed by atoms with E-state index in [1.807, 2.05) is 12.1 Å². The summed E-state index contributed by atoms with van der Waals surface area (Å²) >= 11 is 0. The molecule has 35 heavy (non-hydrogen) atoms. The number of rotatable bonds is 9. The molecule has 0 radical (unpaired) electrons. The third-order valence-electron chi connectivity index (χ3n) is 7.87. The maximum absolute atomic E-state index is 14.5. The number of hydrogen-bond acceptors (Lipinski definition) is 2. The Kier molecular flexibility index (Phi) is 9.17. The number of ether oxygens (including phenoxy) is 2. The van der Waals surface area contributed by atoms with Gasteiger partial charge in [0.05, 0.1) is 13.2 Å². The van der Waals surface area contributed by atoms with Crippen LogP contribution < -0.4 is 9.47 Å². The molecular weight excluding hydrogens is 449 g/mol. The van der Waals surface area contributed by atoms with E-state index >= 15 is 0 Å². The Bertz CT molecular complexity index is 956. The SMILES string of the molecule is CCOc1ccc(-c2ccc(OCC3CCC(C4CCC(/C=C/CF)CC4)CC3)cc2)c(F)c1F. The van der Waals surface area contributed by atoms with Crippen molar-refractivity contribution in [2.75, 3.05) is 19.9 Å². The first kappa shape index (κ1) is 25.7. The normalized spacial score (nSPS) is 25.0. The molecule has 2 fully saturated rings. The van der Waals surface area contributed by atoms with Gasteiger partial charge in [0, 0.05) is 5.56 Å². The van der Waals surface area contributed by atoms with Crippen LogP contribution in [0, 0.1) is 35.3 Å². The van der Waals surface area contributed by atoms with Crippen molar-refractivity contribution in [3.05, 3.63) is 60.2 Å². The van der Waals surface area contributed by atoms with E-state index in [4.69, 9.17) is 9.47 Å². The molecule has 190 valence electrons. The van der Waals surface area contributed by atoms with Crippen LogP contribution >= 0.6 is 0 Å². The van der Waals surface area contributed by atoms with Crippen LogP contribution in [-0.4, -0.2) is 19.9 Å². The summed E-state index contributed by atoms with van der Waals surface area (Å²) in [5, 5.41) is 0. The predicted octanol–water partition coefficient (Wildman–Crippen LogP) is 8.55. The first-order valence-electron chi connectivity index (χ1n) is 13.2. The summed E-state index contributed by atoms with van der Waals surface area (Å²) in [6.45, 7) is 2.36. The van der Waals surface area contributed by atoms with Crippen molar-refractivity contribution < 1.29 is 22.6 Å². The number of hydrogen-bond donors (Lipinski definition) is 0. The molecule has 0 heterocycles. The van der Waals surface area contributed by atoms with Crippen LogP contribution in [0.25, 0.3) is 11.1 Å². The molecule has 0 unspecified atom stereocenters. The lowest BCUT2D eigenvalue weighted by molar-refractivity contribution is 0.129. The van der Waals surface area contributed by atoms with E-state index in [1.165, 1.54) is 57.4 Å². The van der Waals surface area contributed by atoms with Crippen LogP contribution in [0.2, 0.25) is 0 Å². The topological polar surface area (TPSA) is 18.5 Å². The van der Waals surface area contributed by atoms with Crippen molar-refractivity contribution in [2.45, 2.75) is 58.3 Å². The van der Waals surface area contributed by atoms with Gasteiger partial charge < -0.3 is 9.47 Å². The first-order chi connectivity index (χ1) is 17.1. The Hall–Kier alpha value is -2.43. The Balaban J connectivity index is 1.23. The molecule has 2 nitrogen and oxygen atoms in total. The molecule has 2 aromatic carbocycles. The van der Waals surface area contributed by atoms with Gasteiger partial charge in [-0.25, -0.2) is 8.78 Å². The fourth-order valence-electron chi connectivity index (χ4n) is 5.85. The summed E-state index contributed by atoms with van der Waals surface area (Å²) in [6, 6.07) is 10.2. The number of benzene rings is 2. The van der Waals surface area contributed by atoms with Gasteiger partial charge in [0.2, 0.25) is 5.82 Å². The lowest BCUT2D eigenvalue weighted by Crippen LogP contribution is -2.27. The summed E-state index contributed by atoms with van der Waals surface area (Å²) in [4.78, 5) is 0. The van der Waals surface area contributed by atoms with Gasteiger partial charge in [0.25, 0.3) is 0 Å². The van der Waals surface area contributed by atoms with Crippen LogP contribution in [0.4, 0.5) is 13.2 Å². The Morgan fingerprint density at radius 1 is 0.800 bits per heavy atom. The smallest absolute Gasteiger partial charge is 0.201 e. The molecule has 2 aliphatic carbocycles. The van der Waals surface area contributed by atoms with Crippen LogP contribution in [0.3, 0.4) is 0 Å². The summed E-state index contributed by atoms with van der Waals surface area (Å²) in [5.41, 5.74) is 0.815. The third kappa shape index (κ3) is 6.62. The van der Waals surface area contributed by atoms with Gasteiger partial charge in [-0.2, -0.15) is 4.39 Å². The van der Waals surface area contributed by atoms with Crippen molar-refractivity contribution in [1.29, 1.82) is 0 Å². The van der Waals surface area contributed by atoms with Crippen LogP contribution in [-0.2, 0) is 0 Å². The molecule has 0 aliphatic heterocycles. The second-order valence-corrected chi connectivity index (χ2v) is 10.0. The lowest BCUT2D eigenvalue weighted by Gasteiger charge is -2.37. The highest BCUT2D eigenvalue weighted by Crippen LogP contribution is 2.41. The number of allylic oxidation sites excluding steroid dienone is 2. The highest BCUT2D eigenvalue weighted by atomic mass is 19.2. The third-order valence-corrected chi connectivity index (χ3v) is 7.87. The van der Waals surface area contributed by atoms with Crippen LogP contribution in [0.5, 0.6) is 11.5 Å². The van der Waals surface area contributed by atoms with Gasteiger partial charge in [0.1, 0.15) is 12.4 Å². The highest BCUT2D eigenvalue weighted by Gasteiger charge is 2.30. The van der Waals surface area contributed by atoms with E-state index in [0.29, 0.717) is 24.0 Å². The summed E-state index contributed by atoms with van der Waals surface area (Å²) in [7, 11) is 0. The quantitative estimate of drug-likeness (QED) is 0.331. The van der Waals surface area contributed by atoms with Gasteiger partial charge in [-0.05, 0) is 112 Å². The fourth-order valence-corrected chi connectivity index (χ4v) is 5.85. The van der Waals surface area contributed by atoms with Gasteiger partial charge >= 0.3 is 0 Å². The number of alkyl halides is 1. The van der Waals surface area contributed by atoms with E-state index in [2.05, 4.69) is 6.08 Å². The predicted molar refractivity (Wildman–Crippen MR) is 134 cm³/mol. The molecule has 2 aliphatic rings. The van der Waals surface area contributed by atoms with Crippen molar-refractivity contribution in [1.82, 2.24) is 0 Å². The number of halogens is 3. The Morgan fingerprint density at radius 3 is 2.09 bits per heavy atom. The van der Waals surface area contributed by atoms with Gasteiger partial charge in [0.15, 0.2) is 11.6 Å². The minimum Gasteiger partial charge on any atom is -0.493 e. The molecule has 0 amide bonds. The maximum atomic E-state index is 14.5. The van der Waals surface area contributed by atoms with Gasteiger partial charge in [-0.3, -0.25) is 0 Å². The maximum Gasteiger partial charge on any atom is 0.201 e. The minimum atomic E-state index is -0.957. The van der Waals surface area contributed by atoms with E-state index < -0.39 is 11.6 Å². The van der Waals surface area contributed by atoms with Gasteiger partial charge in [-0.1, -0.05) is 24.3 Å². The van der Waals surface area contributed by atoms with E-state index in [9.17, 15) is 13.2 Å². The average molecular weight is 487 g/mol. The molecule has 5 heteroatoms. The zero-order valence-electron chi connectivity index (χ0n) is 20.7. The Morgan fingerprint density at radius 2 is 1.46 bits per heavy atom. The standard InChI is InChI=1S/C30H37F3O2/c1-2-34-28-18-17-27(29(32)30(28)33)25-13-15-26(16-14-25)35-20-22-7-11-24(12-8-22)23-9-5-21(6-10-23)4-3-19-31/h3-4,13-18,21-24H,2,5-12,19-20H2,1H3/b4-3+. The summed E-state index contributed by atoms with van der Waals surface area (Å²) in [5.74, 6) is 1.61. The fraction of sp³-hybridized carbons (Fsp3) is 0.533. The average Bonchev–Trinajstić information content (AvgIpc) is 2.90. The molecule has 4 rings (SSSR count). The first-order valence-corrected chi connectivity index (χ1v) is 13.2. The molecule has 0 bridgehead atoms. The van der Waals surface area contributed by atoms with E-state index in [-0.39, 0.29) is 24.6 Å². The molecule has 0 aromatic heterocycles. The monoisotopic (exact) mass is 486 g/mol. The van der Waals surface area contributed by atoms with Crippen molar-refractivity contribution in [3.63, 3.8) is 0 Å². The second-order valence-electron chi connectivity index (χ2n) is 10.0. The van der Waals surface area contributed by atoms with Crippen molar-refractivity contribution >= 4 is 0 Å². The minimum absolute atomic E-state index is 0.0677. The van der Waals surface area contributed by atoms with E-state index in [0.717, 1.165) is 17.6 Å². The Labute approximate surface area is 207 Å².